The molecule has 2 amide bonds. The molecule has 0 bridgehead atoms. The number of nitrogens with one attached hydrogen (secondary N) is 4. The van der Waals surface area contributed by atoms with Crippen molar-refractivity contribution in [2.75, 3.05) is 18.4 Å². The van der Waals surface area contributed by atoms with Gasteiger partial charge in [0.05, 0.1) is 28.2 Å². The lowest BCUT2D eigenvalue weighted by atomic mass is 9.94. The number of aliphatic hydroxyl groups excluding tert-OH is 1. The van der Waals surface area contributed by atoms with Gasteiger partial charge in [-0.15, -0.1) is 0 Å². The molecule has 1 saturated carbocycles. The summed E-state index contributed by atoms with van der Waals surface area (Å²) in [4.78, 5) is 29.3. The van der Waals surface area contributed by atoms with Crippen LogP contribution in [0.25, 0.3) is 0 Å². The van der Waals surface area contributed by atoms with E-state index in [0.29, 0.717) is 51.9 Å². The topological polar surface area (TPSA) is 140 Å². The predicted octanol–water partition coefficient (Wildman–Crippen LogP) is 4.03. The second kappa shape index (κ2) is 11.8. The Bertz CT molecular complexity index is 1600. The number of fused-ring (bicyclic) bond motifs is 1. The lowest BCUT2D eigenvalue weighted by molar-refractivity contribution is -0.117. The summed E-state index contributed by atoms with van der Waals surface area (Å²) in [5, 5.41) is 19.6. The summed E-state index contributed by atoms with van der Waals surface area (Å²) in [6.45, 7) is 4.12. The van der Waals surface area contributed by atoms with Crippen molar-refractivity contribution in [3.8, 4) is 0 Å². The maximum Gasteiger partial charge on any atom is 0.253 e. The van der Waals surface area contributed by atoms with Crippen molar-refractivity contribution in [2.24, 2.45) is 0 Å². The molecule has 41 heavy (non-hydrogen) atoms. The fourth-order valence-electron chi connectivity index (χ4n) is 5.17. The first-order valence-corrected chi connectivity index (χ1v) is 15.8. The van der Waals surface area contributed by atoms with E-state index in [1.807, 2.05) is 0 Å². The Morgan fingerprint density at radius 2 is 1.83 bits per heavy atom. The molecule has 3 aromatic rings. The van der Waals surface area contributed by atoms with Crippen LogP contribution < -0.4 is 16.0 Å². The van der Waals surface area contributed by atoms with Crippen molar-refractivity contribution >= 4 is 50.5 Å². The normalized spacial score (nSPS) is 17.3. The molecular weight excluding hydrogens is 587 g/mol. The maximum atomic E-state index is 13.3. The van der Waals surface area contributed by atoms with Crippen LogP contribution in [0.1, 0.15) is 57.2 Å². The quantitative estimate of drug-likeness (QED) is 0.220. The van der Waals surface area contributed by atoms with E-state index in [0.717, 1.165) is 12.8 Å². The molecule has 1 aliphatic heterocycles. The summed E-state index contributed by atoms with van der Waals surface area (Å²) >= 11 is 12.4. The van der Waals surface area contributed by atoms with Crippen LogP contribution in [-0.4, -0.2) is 55.6 Å². The van der Waals surface area contributed by atoms with E-state index in [1.165, 1.54) is 12.1 Å². The molecule has 1 aliphatic carbocycles. The van der Waals surface area contributed by atoms with Crippen LogP contribution in [0, 0.1) is 13.8 Å². The van der Waals surface area contributed by atoms with Crippen LogP contribution >= 0.6 is 23.2 Å². The molecule has 1 fully saturated rings. The van der Waals surface area contributed by atoms with Gasteiger partial charge in [0.25, 0.3) is 5.91 Å². The number of anilines is 1. The van der Waals surface area contributed by atoms with Gasteiger partial charge in [-0.3, -0.25) is 9.59 Å². The Labute approximate surface area is 248 Å². The maximum absolute atomic E-state index is 13.3. The van der Waals surface area contributed by atoms with Gasteiger partial charge in [0.2, 0.25) is 5.91 Å². The molecule has 9 nitrogen and oxygen atoms in total. The molecule has 2 aromatic carbocycles. The molecule has 218 valence electrons. The van der Waals surface area contributed by atoms with Crippen molar-refractivity contribution in [3.05, 3.63) is 80.1 Å². The lowest BCUT2D eigenvalue weighted by Gasteiger charge is -2.13. The van der Waals surface area contributed by atoms with E-state index < -0.39 is 21.9 Å². The molecule has 5 N–H and O–H groups in total. The summed E-state index contributed by atoms with van der Waals surface area (Å²) < 4.78 is 26.6. The summed E-state index contributed by atoms with van der Waals surface area (Å²) in [5.74, 6) is -1.61. The zero-order valence-corrected chi connectivity index (χ0v) is 25.0. The molecule has 5 rings (SSSR count). The van der Waals surface area contributed by atoms with Gasteiger partial charge in [-0.25, -0.2) is 8.42 Å². The third kappa shape index (κ3) is 6.47. The molecule has 0 radical (unpaired) electrons. The molecule has 2 heterocycles. The number of hydrogen-bond donors (Lipinski definition) is 5. The number of aliphatic hydroxyl groups is 1. The number of halogens is 2. The van der Waals surface area contributed by atoms with E-state index in [4.69, 9.17) is 23.2 Å². The van der Waals surface area contributed by atoms with Gasteiger partial charge in [-0.2, -0.15) is 0 Å². The van der Waals surface area contributed by atoms with Gasteiger partial charge >= 0.3 is 0 Å². The van der Waals surface area contributed by atoms with Gasteiger partial charge < -0.3 is 26.0 Å². The number of H-pyrrole nitrogens is 1. The van der Waals surface area contributed by atoms with E-state index in [9.17, 15) is 23.1 Å². The predicted molar refractivity (Wildman–Crippen MR) is 158 cm³/mol. The zero-order chi connectivity index (χ0) is 29.5. The fourth-order valence-corrected chi connectivity index (χ4v) is 7.30. The number of carbonyl (C=O) groups is 2. The number of aromatic amines is 1. The molecule has 2 atom stereocenters. The second-order valence-electron chi connectivity index (χ2n) is 10.7. The third-order valence-electron chi connectivity index (χ3n) is 7.62. The second-order valence-corrected chi connectivity index (χ2v) is 13.5. The van der Waals surface area contributed by atoms with Crippen molar-refractivity contribution < 1.29 is 23.1 Å². The minimum Gasteiger partial charge on any atom is -0.390 e. The smallest absolute Gasteiger partial charge is 0.253 e. The molecule has 2 aliphatic rings. The highest BCUT2D eigenvalue weighted by Gasteiger charge is 2.34. The average Bonchev–Trinajstić information content (AvgIpc) is 3.64. The van der Waals surface area contributed by atoms with Gasteiger partial charge in [0.1, 0.15) is 0 Å². The number of hydrogen-bond acceptors (Lipinski definition) is 6. The Kier molecular flexibility index (Phi) is 8.50. The van der Waals surface area contributed by atoms with E-state index in [1.54, 1.807) is 38.1 Å². The number of sulfone groups is 1. The average molecular weight is 620 g/mol. The first kappa shape index (κ1) is 29.6. The van der Waals surface area contributed by atoms with Gasteiger partial charge in [-0.05, 0) is 68.1 Å². The molecular formula is C29H32Cl2N4O5S. The number of rotatable bonds is 11. The van der Waals surface area contributed by atoms with Crippen molar-refractivity contribution in [2.45, 2.75) is 61.8 Å². The lowest BCUT2D eigenvalue weighted by Crippen LogP contribution is -2.38. The molecule has 1 aromatic heterocycles. The monoisotopic (exact) mass is 618 g/mol. The number of aromatic nitrogens is 1. The highest BCUT2D eigenvalue weighted by molar-refractivity contribution is 7.90. The summed E-state index contributed by atoms with van der Waals surface area (Å²) in [6.07, 6.45) is 1.77. The number of carbonyl (C=O) groups excluding carboxylic acids is 2. The summed E-state index contributed by atoms with van der Waals surface area (Å²) in [7, 11) is -3.83. The Morgan fingerprint density at radius 3 is 2.51 bits per heavy atom. The van der Waals surface area contributed by atoms with Gasteiger partial charge in [-0.1, -0.05) is 29.3 Å². The van der Waals surface area contributed by atoms with E-state index >= 15 is 0 Å². The number of aryl methyl sites for hydroxylation is 1. The van der Waals surface area contributed by atoms with Crippen molar-refractivity contribution in [1.29, 1.82) is 0 Å². The van der Waals surface area contributed by atoms with Crippen LogP contribution in [0.4, 0.5) is 5.69 Å². The standard InChI is InChI=1S/C29H32Cl2N4O5S/c1-15-26(34-16(2)27(15)29(38)33-13-18(36)12-32-17-6-7-17)11-21-20-10-19(8-9-25(20)35-28(21)37)41(39,40)14-22-23(30)4-3-5-24(22)31/h3-5,8-10,17-18,21,32,34,36H,6-7,11-14H2,1-2H3,(H,33,38)(H,35,37). The van der Waals surface area contributed by atoms with Crippen LogP contribution in [0.3, 0.4) is 0 Å². The largest absolute Gasteiger partial charge is 0.390 e. The van der Waals surface area contributed by atoms with Crippen LogP contribution in [0.15, 0.2) is 41.3 Å². The van der Waals surface area contributed by atoms with E-state index in [2.05, 4.69) is 20.9 Å². The fraction of sp³-hybridized carbons (Fsp3) is 0.379. The van der Waals surface area contributed by atoms with Crippen LogP contribution in [0.5, 0.6) is 0 Å². The first-order valence-electron chi connectivity index (χ1n) is 13.4. The minimum absolute atomic E-state index is 0.0583. The number of benzene rings is 2. The minimum atomic E-state index is -3.83. The van der Waals surface area contributed by atoms with Crippen molar-refractivity contribution in [1.82, 2.24) is 15.6 Å². The molecule has 12 heteroatoms. The number of amides is 2. The Hall–Kier alpha value is -2.89. The highest BCUT2D eigenvalue weighted by Crippen LogP contribution is 2.38. The van der Waals surface area contributed by atoms with Gasteiger partial charge in [0.15, 0.2) is 9.84 Å². The first-order chi connectivity index (χ1) is 19.4. The molecule has 2 unspecified atom stereocenters. The van der Waals surface area contributed by atoms with Crippen LogP contribution in [-0.2, 0) is 26.8 Å². The highest BCUT2D eigenvalue weighted by atomic mass is 35.5. The van der Waals surface area contributed by atoms with E-state index in [-0.39, 0.29) is 45.5 Å². The Balaban J connectivity index is 1.33. The molecule has 0 spiro atoms. The van der Waals surface area contributed by atoms with Crippen LogP contribution in [0.2, 0.25) is 10.0 Å². The zero-order valence-electron chi connectivity index (χ0n) is 22.7. The summed E-state index contributed by atoms with van der Waals surface area (Å²) in [6, 6.07) is 9.85. The third-order valence-corrected chi connectivity index (χ3v) is 9.97. The Morgan fingerprint density at radius 1 is 1.12 bits per heavy atom. The summed E-state index contributed by atoms with van der Waals surface area (Å²) in [5.41, 5.74) is 3.93. The van der Waals surface area contributed by atoms with Crippen molar-refractivity contribution in [3.63, 3.8) is 0 Å². The SMILES string of the molecule is Cc1[nH]c(CC2C(=O)Nc3ccc(S(=O)(=O)Cc4c(Cl)cccc4Cl)cc32)c(C)c1C(=O)NCC(O)CNC1CC1. The van der Waals surface area contributed by atoms with Gasteiger partial charge in [0, 0.05) is 58.2 Å². The molecule has 0 saturated heterocycles.